The van der Waals surface area contributed by atoms with E-state index >= 15 is 0 Å². The third-order valence-corrected chi connectivity index (χ3v) is 4.06. The molecule has 1 aromatic rings. The summed E-state index contributed by atoms with van der Waals surface area (Å²) < 4.78 is 23.9. The van der Waals surface area contributed by atoms with Gasteiger partial charge in [-0.2, -0.15) is 0 Å². The van der Waals surface area contributed by atoms with Crippen LogP contribution in [-0.4, -0.2) is 32.8 Å². The van der Waals surface area contributed by atoms with E-state index in [4.69, 9.17) is 10.8 Å². The van der Waals surface area contributed by atoms with Crippen LogP contribution in [0.15, 0.2) is 24.3 Å². The van der Waals surface area contributed by atoms with Crippen molar-refractivity contribution in [1.82, 2.24) is 0 Å². The molecule has 0 aliphatic carbocycles. The van der Waals surface area contributed by atoms with Gasteiger partial charge in [0.15, 0.2) is 0 Å². The van der Waals surface area contributed by atoms with Crippen molar-refractivity contribution in [2.75, 3.05) is 17.6 Å². The van der Waals surface area contributed by atoms with Gasteiger partial charge in [0, 0.05) is 19.5 Å². The molecule has 0 saturated carbocycles. The summed E-state index contributed by atoms with van der Waals surface area (Å²) in [6, 6.07) is 6.36. The van der Waals surface area contributed by atoms with Crippen LogP contribution in [0.5, 0.6) is 0 Å². The number of benzene rings is 1. The smallest absolute Gasteiger partial charge is 0.303 e. The van der Waals surface area contributed by atoms with Crippen LogP contribution in [0, 0.1) is 0 Å². The Labute approximate surface area is 112 Å². The van der Waals surface area contributed by atoms with Gasteiger partial charge in [0.2, 0.25) is 10.0 Å². The molecule has 0 aromatic heterocycles. The quantitative estimate of drug-likeness (QED) is 0.810. The minimum absolute atomic E-state index is 0.00611. The van der Waals surface area contributed by atoms with E-state index in [9.17, 15) is 13.2 Å². The Balaban J connectivity index is 2.79. The Hall–Kier alpha value is -1.60. The number of carbonyl (C=O) groups is 1. The Morgan fingerprint density at radius 1 is 1.37 bits per heavy atom. The van der Waals surface area contributed by atoms with E-state index in [0.29, 0.717) is 12.1 Å². The van der Waals surface area contributed by atoms with E-state index in [0.717, 1.165) is 11.8 Å². The van der Waals surface area contributed by atoms with Crippen molar-refractivity contribution < 1.29 is 18.3 Å². The zero-order valence-electron chi connectivity index (χ0n) is 10.9. The van der Waals surface area contributed by atoms with E-state index in [1.807, 2.05) is 0 Å². The molecule has 0 spiro atoms. The zero-order valence-corrected chi connectivity index (χ0v) is 11.7. The molecule has 6 nitrogen and oxygen atoms in total. The molecule has 0 fully saturated rings. The summed E-state index contributed by atoms with van der Waals surface area (Å²) in [6.07, 6.45) is 1.47. The monoisotopic (exact) mass is 286 g/mol. The number of sulfonamides is 1. The minimum Gasteiger partial charge on any atom is -0.481 e. The molecule has 106 valence electrons. The van der Waals surface area contributed by atoms with Crippen molar-refractivity contribution in [1.29, 1.82) is 0 Å². The first-order valence-corrected chi connectivity index (χ1v) is 7.58. The molecule has 1 aromatic carbocycles. The highest BCUT2D eigenvalue weighted by Gasteiger charge is 2.13. The number of carboxylic acid groups (broad SMARTS) is 1. The molecule has 19 heavy (non-hydrogen) atoms. The second-order valence-corrected chi connectivity index (χ2v) is 6.37. The van der Waals surface area contributed by atoms with Crippen molar-refractivity contribution in [3.8, 4) is 0 Å². The Morgan fingerprint density at radius 2 is 1.89 bits per heavy atom. The average molecular weight is 286 g/mol. The van der Waals surface area contributed by atoms with E-state index in [1.54, 1.807) is 24.3 Å². The predicted molar refractivity (Wildman–Crippen MR) is 73.5 cm³/mol. The lowest BCUT2D eigenvalue weighted by molar-refractivity contribution is -0.137. The van der Waals surface area contributed by atoms with Gasteiger partial charge in [-0.3, -0.25) is 9.10 Å². The zero-order chi connectivity index (χ0) is 14.6. The Morgan fingerprint density at radius 3 is 2.32 bits per heavy atom. The van der Waals surface area contributed by atoms with Gasteiger partial charge >= 0.3 is 5.97 Å². The molecule has 1 unspecified atom stereocenters. The molecule has 7 heteroatoms. The van der Waals surface area contributed by atoms with Gasteiger partial charge in [0.05, 0.1) is 11.9 Å². The summed E-state index contributed by atoms with van der Waals surface area (Å²) in [6.45, 7) is 0. The SMILES string of the molecule is CN(c1ccc(C(N)CCC(=O)O)cc1)S(C)(=O)=O. The first-order valence-electron chi connectivity index (χ1n) is 5.73. The van der Waals surface area contributed by atoms with Gasteiger partial charge < -0.3 is 10.8 Å². The van der Waals surface area contributed by atoms with E-state index in [1.165, 1.54) is 11.4 Å². The lowest BCUT2D eigenvalue weighted by atomic mass is 10.0. The molecular weight excluding hydrogens is 268 g/mol. The van der Waals surface area contributed by atoms with Gasteiger partial charge in [-0.15, -0.1) is 0 Å². The fourth-order valence-corrected chi connectivity index (χ4v) is 2.07. The molecule has 1 atom stereocenters. The van der Waals surface area contributed by atoms with Crippen molar-refractivity contribution in [3.63, 3.8) is 0 Å². The molecule has 0 amide bonds. The number of nitrogens with two attached hydrogens (primary N) is 1. The molecule has 0 saturated heterocycles. The fourth-order valence-electron chi connectivity index (χ4n) is 1.57. The van der Waals surface area contributed by atoms with Gasteiger partial charge in [-0.25, -0.2) is 8.42 Å². The third-order valence-electron chi connectivity index (χ3n) is 2.85. The highest BCUT2D eigenvalue weighted by atomic mass is 32.2. The second-order valence-electron chi connectivity index (χ2n) is 4.36. The average Bonchev–Trinajstić information content (AvgIpc) is 2.34. The lowest BCUT2D eigenvalue weighted by Gasteiger charge is -2.18. The van der Waals surface area contributed by atoms with Crippen molar-refractivity contribution >= 4 is 21.7 Å². The molecule has 0 radical (unpaired) electrons. The van der Waals surface area contributed by atoms with Crippen LogP contribution >= 0.6 is 0 Å². The molecule has 0 heterocycles. The van der Waals surface area contributed by atoms with Gasteiger partial charge in [0.1, 0.15) is 0 Å². The standard InChI is InChI=1S/C12H18N2O4S/c1-14(19(2,17)18)10-5-3-9(4-6-10)11(13)7-8-12(15)16/h3-6,11H,7-8,13H2,1-2H3,(H,15,16). The number of nitrogens with zero attached hydrogens (tertiary/aromatic N) is 1. The highest BCUT2D eigenvalue weighted by Crippen LogP contribution is 2.21. The number of aliphatic carboxylic acids is 1. The summed E-state index contributed by atoms with van der Waals surface area (Å²) in [5.41, 5.74) is 7.18. The third kappa shape index (κ3) is 4.53. The fraction of sp³-hybridized carbons (Fsp3) is 0.417. The number of hydrogen-bond donors (Lipinski definition) is 2. The summed E-state index contributed by atoms with van der Waals surface area (Å²) >= 11 is 0. The molecule has 0 bridgehead atoms. The maximum Gasteiger partial charge on any atom is 0.303 e. The summed E-state index contributed by atoms with van der Waals surface area (Å²) in [5.74, 6) is -0.885. The van der Waals surface area contributed by atoms with Crippen molar-refractivity contribution in [3.05, 3.63) is 29.8 Å². The molecular formula is C12H18N2O4S. The maximum atomic E-state index is 11.4. The van der Waals surface area contributed by atoms with Crippen LogP contribution in [0.2, 0.25) is 0 Å². The summed E-state index contributed by atoms with van der Waals surface area (Å²) in [5, 5.41) is 8.59. The van der Waals surface area contributed by atoms with Crippen LogP contribution < -0.4 is 10.0 Å². The van der Waals surface area contributed by atoms with Crippen molar-refractivity contribution in [2.45, 2.75) is 18.9 Å². The topological polar surface area (TPSA) is 101 Å². The molecule has 3 N–H and O–H groups in total. The first-order chi connectivity index (χ1) is 8.71. The van der Waals surface area contributed by atoms with E-state index in [2.05, 4.69) is 0 Å². The van der Waals surface area contributed by atoms with Crippen LogP contribution in [0.3, 0.4) is 0 Å². The van der Waals surface area contributed by atoms with Crippen LogP contribution in [-0.2, 0) is 14.8 Å². The highest BCUT2D eigenvalue weighted by molar-refractivity contribution is 7.92. The first kappa shape index (κ1) is 15.5. The maximum absolute atomic E-state index is 11.4. The predicted octanol–water partition coefficient (Wildman–Crippen LogP) is 0.947. The number of anilines is 1. The molecule has 0 aliphatic rings. The van der Waals surface area contributed by atoms with Crippen LogP contribution in [0.1, 0.15) is 24.4 Å². The second kappa shape index (κ2) is 6.03. The summed E-state index contributed by atoms with van der Waals surface area (Å²) in [7, 11) is -1.82. The van der Waals surface area contributed by atoms with E-state index in [-0.39, 0.29) is 12.5 Å². The van der Waals surface area contributed by atoms with Crippen LogP contribution in [0.25, 0.3) is 0 Å². The molecule has 0 aliphatic heterocycles. The number of hydrogen-bond acceptors (Lipinski definition) is 4. The number of carboxylic acids is 1. The number of rotatable bonds is 6. The van der Waals surface area contributed by atoms with Crippen molar-refractivity contribution in [2.24, 2.45) is 5.73 Å². The molecule has 1 rings (SSSR count). The normalized spacial score (nSPS) is 13.0. The van der Waals surface area contributed by atoms with Gasteiger partial charge in [0.25, 0.3) is 0 Å². The van der Waals surface area contributed by atoms with Gasteiger partial charge in [-0.05, 0) is 24.1 Å². The Bertz CT molecular complexity index is 539. The van der Waals surface area contributed by atoms with Gasteiger partial charge in [-0.1, -0.05) is 12.1 Å². The van der Waals surface area contributed by atoms with E-state index < -0.39 is 16.0 Å². The largest absolute Gasteiger partial charge is 0.481 e. The van der Waals surface area contributed by atoms with Crippen LogP contribution in [0.4, 0.5) is 5.69 Å². The Kier molecular flexibility index (Phi) is 4.90. The lowest BCUT2D eigenvalue weighted by Crippen LogP contribution is -2.24. The minimum atomic E-state index is -3.29. The summed E-state index contributed by atoms with van der Waals surface area (Å²) in [4.78, 5) is 10.5.